The van der Waals surface area contributed by atoms with Gasteiger partial charge in [-0.3, -0.25) is 0 Å². The number of alkyl halides is 11. The minimum atomic E-state index is -7.42. The van der Waals surface area contributed by atoms with Crippen molar-refractivity contribution in [1.82, 2.24) is 0 Å². The Morgan fingerprint density at radius 3 is 1.38 bits per heavy atom. The molecule has 0 saturated heterocycles. The van der Waals surface area contributed by atoms with E-state index >= 15 is 0 Å². The molecule has 0 bridgehead atoms. The molecule has 152 valence electrons. The monoisotopic (exact) mass is 426 g/mol. The summed E-state index contributed by atoms with van der Waals surface area (Å²) >= 11 is 0. The van der Waals surface area contributed by atoms with E-state index in [0.717, 1.165) is 0 Å². The molecule has 0 aromatic heterocycles. The molecule has 0 saturated carbocycles. The molecular weight excluding hydrogens is 416 g/mol. The third-order valence-corrected chi connectivity index (χ3v) is 3.87. The van der Waals surface area contributed by atoms with Gasteiger partial charge in [-0.15, -0.1) is 0 Å². The summed E-state index contributed by atoms with van der Waals surface area (Å²) in [6, 6.07) is 0. The average molecular weight is 426 g/mol. The van der Waals surface area contributed by atoms with E-state index < -0.39 is 71.4 Å². The molecule has 0 unspecified atom stereocenters. The van der Waals surface area contributed by atoms with Gasteiger partial charge in [0.1, 0.15) is 0 Å². The van der Waals surface area contributed by atoms with Crippen molar-refractivity contribution in [3.05, 3.63) is 0 Å². The molecule has 0 radical (unpaired) electrons. The van der Waals surface area contributed by atoms with Gasteiger partial charge in [0.05, 0.1) is 0 Å². The first kappa shape index (κ1) is 28.0. The van der Waals surface area contributed by atoms with Gasteiger partial charge in [0.25, 0.3) is 0 Å². The summed E-state index contributed by atoms with van der Waals surface area (Å²) in [5, 5.41) is -7.04. The molecule has 0 aliphatic heterocycles. The quantitative estimate of drug-likeness (QED) is 0.243. The van der Waals surface area contributed by atoms with Crippen LogP contribution in [-0.2, 0) is 10.1 Å². The first-order valence-corrected chi connectivity index (χ1v) is 7.65. The molecule has 0 atom stereocenters. The van der Waals surface area contributed by atoms with Crippen LogP contribution in [0, 0.1) is 0 Å². The Balaban J connectivity index is 0. The molecule has 0 heterocycles. The fourth-order valence-corrected chi connectivity index (χ4v) is 2.02. The fraction of sp³-hybridized carbons (Fsp3) is 1.00. The van der Waals surface area contributed by atoms with Crippen molar-refractivity contribution in [3.8, 4) is 0 Å². The van der Waals surface area contributed by atoms with E-state index in [1.54, 1.807) is 0 Å². The topological polar surface area (TPSA) is 57.2 Å². The van der Waals surface area contributed by atoms with Gasteiger partial charge >= 0.3 is 48.1 Å². The third kappa shape index (κ3) is 5.87. The number of halogens is 11. The molecule has 0 aromatic rings. The summed E-state index contributed by atoms with van der Waals surface area (Å²) in [7, 11) is -7.42. The van der Waals surface area contributed by atoms with Gasteiger partial charge in [-0.2, -0.15) is 48.3 Å². The Morgan fingerprint density at radius 1 is 0.654 bits per heavy atom. The van der Waals surface area contributed by atoms with Crippen molar-refractivity contribution in [2.45, 2.75) is 61.3 Å². The van der Waals surface area contributed by atoms with Gasteiger partial charge in [0.15, 0.2) is 10.1 Å². The van der Waals surface area contributed by atoms with Gasteiger partial charge in [-0.1, -0.05) is 6.42 Å². The zero-order valence-electron chi connectivity index (χ0n) is 12.8. The predicted molar refractivity (Wildman–Crippen MR) is 58.6 cm³/mol. The summed E-state index contributed by atoms with van der Waals surface area (Å²) in [6.07, 6.45) is -11.1. The summed E-state index contributed by atoms with van der Waals surface area (Å²) in [5.41, 5.74) is 0. The van der Waals surface area contributed by atoms with Crippen molar-refractivity contribution < 1.29 is 80.1 Å². The van der Waals surface area contributed by atoms with E-state index in [1.807, 2.05) is 0 Å². The largest absolute Gasteiger partial charge is 1.00 e. The first-order chi connectivity index (χ1) is 10.7. The van der Waals surface area contributed by atoms with Crippen molar-refractivity contribution in [3.63, 3.8) is 0 Å². The SMILES string of the molecule is O=S(=O)([O-])C(F)(F)C(F)(F)C(F)(F)C(F)(F)CCCCCC(F)(F)F.[Li+]. The molecule has 0 N–H and O–H groups in total. The smallest absolute Gasteiger partial charge is 0.743 e. The number of hydrogen-bond donors (Lipinski definition) is 0. The maximum atomic E-state index is 13.2. The van der Waals surface area contributed by atoms with Gasteiger partial charge in [0, 0.05) is 12.8 Å². The molecule has 0 fully saturated rings. The van der Waals surface area contributed by atoms with Crippen molar-refractivity contribution in [1.29, 1.82) is 0 Å². The van der Waals surface area contributed by atoms with Crippen LogP contribution in [0.1, 0.15) is 32.1 Å². The Hall–Kier alpha value is -0.263. The van der Waals surface area contributed by atoms with Crippen LogP contribution in [0.2, 0.25) is 0 Å². The number of unbranched alkanes of at least 4 members (excludes halogenated alkanes) is 2. The molecule has 0 aromatic carbocycles. The van der Waals surface area contributed by atoms with Gasteiger partial charge in [0.2, 0.25) is 0 Å². The predicted octanol–water partition coefficient (Wildman–Crippen LogP) is 1.55. The maximum Gasteiger partial charge on any atom is 1.00 e. The van der Waals surface area contributed by atoms with Crippen LogP contribution >= 0.6 is 0 Å². The Labute approximate surface area is 152 Å². The van der Waals surface area contributed by atoms with Gasteiger partial charge in [-0.05, 0) is 12.8 Å². The molecule has 0 amide bonds. The second-order valence-corrected chi connectivity index (χ2v) is 6.42. The van der Waals surface area contributed by atoms with Crippen molar-refractivity contribution in [2.24, 2.45) is 0 Å². The molecule has 0 aliphatic rings. The second kappa shape index (κ2) is 8.40. The summed E-state index contributed by atoms with van der Waals surface area (Å²) in [4.78, 5) is 0. The Bertz CT molecular complexity index is 559. The molecule has 0 rings (SSSR count). The van der Waals surface area contributed by atoms with Crippen LogP contribution in [0.25, 0.3) is 0 Å². The van der Waals surface area contributed by atoms with Crippen LogP contribution in [-0.4, -0.2) is 42.2 Å². The van der Waals surface area contributed by atoms with E-state index in [2.05, 4.69) is 0 Å². The average Bonchev–Trinajstić information content (AvgIpc) is 2.34. The third-order valence-electron chi connectivity index (χ3n) is 2.98. The van der Waals surface area contributed by atoms with Crippen LogP contribution < -0.4 is 18.9 Å². The Morgan fingerprint density at radius 2 is 1.04 bits per heavy atom. The van der Waals surface area contributed by atoms with Gasteiger partial charge in [-0.25, -0.2) is 8.42 Å². The first-order valence-electron chi connectivity index (χ1n) is 6.24. The minimum Gasteiger partial charge on any atom is -0.743 e. The summed E-state index contributed by atoms with van der Waals surface area (Å²) in [6.45, 7) is 0. The molecule has 26 heavy (non-hydrogen) atoms. The fourth-order valence-electron chi connectivity index (χ4n) is 1.58. The van der Waals surface area contributed by atoms with E-state index in [-0.39, 0.29) is 18.9 Å². The maximum absolute atomic E-state index is 13.2. The molecule has 3 nitrogen and oxygen atoms in total. The summed E-state index contributed by atoms with van der Waals surface area (Å²) < 4.78 is 169. The molecule has 0 spiro atoms. The van der Waals surface area contributed by atoms with E-state index in [1.165, 1.54) is 0 Å². The Kier molecular flexibility index (Phi) is 9.03. The van der Waals surface area contributed by atoms with E-state index in [0.29, 0.717) is 0 Å². The van der Waals surface area contributed by atoms with Crippen LogP contribution in [0.15, 0.2) is 0 Å². The van der Waals surface area contributed by atoms with Crippen LogP contribution in [0.3, 0.4) is 0 Å². The molecule has 16 heteroatoms. The van der Waals surface area contributed by atoms with Crippen LogP contribution in [0.4, 0.5) is 48.3 Å². The zero-order chi connectivity index (χ0) is 20.5. The van der Waals surface area contributed by atoms with E-state index in [4.69, 9.17) is 0 Å². The van der Waals surface area contributed by atoms with E-state index in [9.17, 15) is 61.3 Å². The van der Waals surface area contributed by atoms with Crippen LogP contribution in [0.5, 0.6) is 0 Å². The number of rotatable bonds is 9. The van der Waals surface area contributed by atoms with Crippen molar-refractivity contribution >= 4 is 10.1 Å². The normalized spacial score (nSPS) is 14.9. The molecular formula is C10H10F11LiO3S. The standard InChI is InChI=1S/C10H11F11O3S.Li/c11-6(12,4-2-1-3-5-7(13,14)15)8(16,17)9(18,19)10(20,21)25(22,23)24;/h1-5H2,(H,22,23,24);/q;+1/p-1. The minimum absolute atomic E-state index is 0. The molecule has 0 aliphatic carbocycles. The zero-order valence-corrected chi connectivity index (χ0v) is 13.6. The van der Waals surface area contributed by atoms with Gasteiger partial charge < -0.3 is 4.55 Å². The number of hydrogen-bond acceptors (Lipinski definition) is 3. The second-order valence-electron chi connectivity index (χ2n) is 5.00. The summed E-state index contributed by atoms with van der Waals surface area (Å²) in [5.74, 6) is -20.1. The van der Waals surface area contributed by atoms with Crippen molar-refractivity contribution in [2.75, 3.05) is 0 Å².